The summed E-state index contributed by atoms with van der Waals surface area (Å²) in [6.07, 6.45) is 0. The second kappa shape index (κ2) is 8.01. The van der Waals surface area contributed by atoms with Crippen molar-refractivity contribution in [2.45, 2.75) is 0 Å². The molecule has 0 aliphatic carbocycles. The molecule has 84 valence electrons. The zero-order valence-electron chi connectivity index (χ0n) is 8.14. The van der Waals surface area contributed by atoms with Crippen molar-refractivity contribution in [3.05, 3.63) is 28.4 Å². The molecule has 0 unspecified atom stereocenters. The molecule has 0 aliphatic heterocycles. The molecule has 1 aromatic carbocycles. The van der Waals surface area contributed by atoms with E-state index in [1.165, 1.54) is 0 Å². The molecule has 0 saturated heterocycles. The van der Waals surface area contributed by atoms with Crippen LogP contribution in [0.4, 0.5) is 0 Å². The number of benzene rings is 1. The molecule has 0 atom stereocenters. The summed E-state index contributed by atoms with van der Waals surface area (Å²) in [6.45, 7) is 0. The van der Waals surface area contributed by atoms with Crippen LogP contribution in [0.5, 0.6) is 0 Å². The van der Waals surface area contributed by atoms with Gasteiger partial charge in [0.05, 0.1) is 5.56 Å². The predicted octanol–water partition coefficient (Wildman–Crippen LogP) is 3.03. The molecule has 0 bridgehead atoms. The van der Waals surface area contributed by atoms with Gasteiger partial charge in [-0.3, -0.25) is 0 Å². The molecule has 15 heavy (non-hydrogen) atoms. The molecule has 1 aromatic rings. The Morgan fingerprint density at radius 1 is 1.27 bits per heavy atom. The van der Waals surface area contributed by atoms with E-state index >= 15 is 0 Å². The highest BCUT2D eigenvalue weighted by Crippen LogP contribution is 2.22. The lowest BCUT2D eigenvalue weighted by molar-refractivity contribution is 0.0695. The fourth-order valence-electron chi connectivity index (χ4n) is 0.712. The van der Waals surface area contributed by atoms with Crippen molar-refractivity contribution in [2.75, 3.05) is 14.1 Å². The number of hydrogen-bond acceptors (Lipinski definition) is 2. The summed E-state index contributed by atoms with van der Waals surface area (Å²) < 4.78 is 2.74. The Bertz CT molecular complexity index is 355. The Morgan fingerprint density at radius 3 is 2.13 bits per heavy atom. The van der Waals surface area contributed by atoms with Crippen LogP contribution in [-0.2, 0) is 0 Å². The largest absolute Gasteiger partial charge is 0.478 e. The van der Waals surface area contributed by atoms with Crippen molar-refractivity contribution >= 4 is 73.7 Å². The Labute approximate surface area is 130 Å². The van der Waals surface area contributed by atoms with E-state index in [-0.39, 0.29) is 0 Å². The van der Waals surface area contributed by atoms with Gasteiger partial charge in [-0.15, -0.1) is 0 Å². The van der Waals surface area contributed by atoms with Crippen LogP contribution in [0, 0.1) is 10.7 Å². The normalized spacial score (nSPS) is 9.13. The molecule has 0 amide bonds. The first-order valence-corrected chi connectivity index (χ1v) is 7.14. The minimum Gasteiger partial charge on any atom is -0.478 e. The van der Waals surface area contributed by atoms with Crippen LogP contribution in [0.15, 0.2) is 12.1 Å². The van der Waals surface area contributed by atoms with Gasteiger partial charge in [0.1, 0.15) is 0 Å². The Morgan fingerprint density at radius 2 is 1.73 bits per heavy atom. The van der Waals surface area contributed by atoms with Crippen LogP contribution in [0.1, 0.15) is 10.4 Å². The second-order valence-corrected chi connectivity index (χ2v) is 6.04. The molecular formula is C9H10I3NO2. The summed E-state index contributed by atoms with van der Waals surface area (Å²) in [7, 11) is 3.75. The maximum atomic E-state index is 10.7. The van der Waals surface area contributed by atoms with Crippen molar-refractivity contribution in [2.24, 2.45) is 0 Å². The van der Waals surface area contributed by atoms with Gasteiger partial charge in [0.15, 0.2) is 0 Å². The van der Waals surface area contributed by atoms with Crippen LogP contribution in [0.25, 0.3) is 0 Å². The molecule has 1 rings (SSSR count). The van der Waals surface area contributed by atoms with Gasteiger partial charge in [-0.2, -0.15) is 0 Å². The number of hydrogen-bond donors (Lipinski definition) is 2. The SMILES string of the molecule is CNC.O=C(O)c1cc(I)cc(I)c1I. The third kappa shape index (κ3) is 5.63. The van der Waals surface area contributed by atoms with E-state index in [1.807, 2.05) is 42.8 Å². The summed E-state index contributed by atoms with van der Waals surface area (Å²) in [5.74, 6) is -0.865. The predicted molar refractivity (Wildman–Crippen MR) is 86.5 cm³/mol. The number of rotatable bonds is 1. The van der Waals surface area contributed by atoms with Gasteiger partial charge in [-0.05, 0) is 94.0 Å². The molecule has 0 spiro atoms. The van der Waals surface area contributed by atoms with E-state index in [2.05, 4.69) is 50.5 Å². The Hall–Kier alpha value is 0.840. The summed E-state index contributed by atoms with van der Waals surface area (Å²) >= 11 is 6.29. The molecule has 0 heterocycles. The highest BCUT2D eigenvalue weighted by Gasteiger charge is 2.11. The molecule has 6 heteroatoms. The van der Waals surface area contributed by atoms with Crippen molar-refractivity contribution in [3.8, 4) is 0 Å². The number of carboxylic acid groups (broad SMARTS) is 1. The Kier molecular flexibility index (Phi) is 8.46. The van der Waals surface area contributed by atoms with Gasteiger partial charge in [0.2, 0.25) is 0 Å². The monoisotopic (exact) mass is 545 g/mol. The molecule has 0 aromatic heterocycles. The van der Waals surface area contributed by atoms with E-state index in [0.717, 1.165) is 10.7 Å². The fourth-order valence-corrected chi connectivity index (χ4v) is 3.10. The topological polar surface area (TPSA) is 49.3 Å². The standard InChI is InChI=1S/C7H3I3O2.C2H7N/c8-3-1-4(7(11)12)6(10)5(9)2-3;1-3-2/h1-2H,(H,11,12);3H,1-2H3. The first kappa shape index (κ1) is 15.8. The van der Waals surface area contributed by atoms with Crippen LogP contribution < -0.4 is 5.32 Å². The summed E-state index contributed by atoms with van der Waals surface area (Å²) in [4.78, 5) is 10.7. The lowest BCUT2D eigenvalue weighted by atomic mass is 10.2. The van der Waals surface area contributed by atoms with Crippen LogP contribution in [0.2, 0.25) is 0 Å². The average Bonchev–Trinajstić information content (AvgIpc) is 2.12. The van der Waals surface area contributed by atoms with Crippen LogP contribution >= 0.6 is 67.8 Å². The van der Waals surface area contributed by atoms with E-state index in [1.54, 1.807) is 6.07 Å². The zero-order chi connectivity index (χ0) is 12.0. The lowest BCUT2D eigenvalue weighted by Gasteiger charge is -2.02. The van der Waals surface area contributed by atoms with Gasteiger partial charge >= 0.3 is 5.97 Å². The van der Waals surface area contributed by atoms with Crippen molar-refractivity contribution in [1.82, 2.24) is 5.32 Å². The Balaban J connectivity index is 0.000000583. The minimum atomic E-state index is -0.865. The number of halogens is 3. The molecule has 0 saturated carbocycles. The smallest absolute Gasteiger partial charge is 0.336 e. The fraction of sp³-hybridized carbons (Fsp3) is 0.222. The first-order valence-electron chi connectivity index (χ1n) is 3.90. The second-order valence-electron chi connectivity index (χ2n) is 2.55. The van der Waals surface area contributed by atoms with E-state index < -0.39 is 5.97 Å². The summed E-state index contributed by atoms with van der Waals surface area (Å²) in [5.41, 5.74) is 0.381. The lowest BCUT2D eigenvalue weighted by Crippen LogP contribution is -2.01. The van der Waals surface area contributed by atoms with E-state index in [4.69, 9.17) is 5.11 Å². The van der Waals surface area contributed by atoms with Gasteiger partial charge in [-0.25, -0.2) is 4.79 Å². The summed E-state index contributed by atoms with van der Waals surface area (Å²) in [6, 6.07) is 3.63. The number of carbonyl (C=O) groups is 1. The number of nitrogens with one attached hydrogen (secondary N) is 1. The minimum absolute atomic E-state index is 0.381. The van der Waals surface area contributed by atoms with Gasteiger partial charge in [0.25, 0.3) is 0 Å². The van der Waals surface area contributed by atoms with Crippen LogP contribution in [-0.4, -0.2) is 25.2 Å². The quantitative estimate of drug-likeness (QED) is 0.422. The molecule has 0 radical (unpaired) electrons. The average molecular weight is 545 g/mol. The molecule has 2 N–H and O–H groups in total. The van der Waals surface area contributed by atoms with Crippen LogP contribution in [0.3, 0.4) is 0 Å². The molecule has 0 aliphatic rings. The zero-order valence-corrected chi connectivity index (χ0v) is 14.6. The van der Waals surface area contributed by atoms with Gasteiger partial charge < -0.3 is 10.4 Å². The molecule has 0 fully saturated rings. The highest BCUT2D eigenvalue weighted by molar-refractivity contribution is 14.1. The van der Waals surface area contributed by atoms with Crippen molar-refractivity contribution in [1.29, 1.82) is 0 Å². The van der Waals surface area contributed by atoms with Crippen molar-refractivity contribution in [3.63, 3.8) is 0 Å². The summed E-state index contributed by atoms with van der Waals surface area (Å²) in [5, 5.41) is 11.6. The number of aromatic carboxylic acids is 1. The van der Waals surface area contributed by atoms with Gasteiger partial charge in [-0.1, -0.05) is 0 Å². The van der Waals surface area contributed by atoms with Crippen molar-refractivity contribution < 1.29 is 9.90 Å². The van der Waals surface area contributed by atoms with Gasteiger partial charge in [0, 0.05) is 10.7 Å². The molecule has 3 nitrogen and oxygen atoms in total. The van der Waals surface area contributed by atoms with E-state index in [9.17, 15) is 4.79 Å². The third-order valence-corrected chi connectivity index (χ3v) is 4.89. The maximum absolute atomic E-state index is 10.7. The third-order valence-electron chi connectivity index (χ3n) is 1.22. The highest BCUT2D eigenvalue weighted by atomic mass is 127. The van der Waals surface area contributed by atoms with E-state index in [0.29, 0.717) is 5.56 Å². The first-order chi connectivity index (χ1) is 6.93. The maximum Gasteiger partial charge on any atom is 0.336 e. The molecular weight excluding hydrogens is 535 g/mol. The number of carboxylic acids is 1.